The zero-order chi connectivity index (χ0) is 8.13. The fourth-order valence-corrected chi connectivity index (χ4v) is 3.27. The first kappa shape index (κ1) is 6.93. The van der Waals surface area contributed by atoms with Gasteiger partial charge in [0.1, 0.15) is 6.10 Å². The Balaban J connectivity index is 1.94. The van der Waals surface area contributed by atoms with E-state index < -0.39 is 0 Å². The number of hydrogen-bond donors (Lipinski definition) is 0. The van der Waals surface area contributed by atoms with Crippen LogP contribution in [0.3, 0.4) is 0 Å². The van der Waals surface area contributed by atoms with Gasteiger partial charge >= 0.3 is 5.97 Å². The van der Waals surface area contributed by atoms with Crippen LogP contribution in [-0.2, 0) is 9.53 Å². The van der Waals surface area contributed by atoms with Gasteiger partial charge in [-0.05, 0) is 43.9 Å². The summed E-state index contributed by atoms with van der Waals surface area (Å²) in [5.41, 5.74) is 0. The Morgan fingerprint density at radius 1 is 1.08 bits per heavy atom. The molecule has 2 saturated carbocycles. The second kappa shape index (κ2) is 2.24. The van der Waals surface area contributed by atoms with E-state index >= 15 is 0 Å². The van der Waals surface area contributed by atoms with Gasteiger partial charge in [-0.3, -0.25) is 4.79 Å². The standard InChI is InChI=1S/C10H14O2/c11-10-8-3-6-1-2-9(12-10)5-7(6)4-8/h6-9H,1-5H2. The van der Waals surface area contributed by atoms with E-state index in [9.17, 15) is 4.79 Å². The minimum atomic E-state index is 0.102. The van der Waals surface area contributed by atoms with Gasteiger partial charge in [-0.15, -0.1) is 0 Å². The van der Waals surface area contributed by atoms with Crippen LogP contribution in [0.5, 0.6) is 0 Å². The van der Waals surface area contributed by atoms with E-state index in [-0.39, 0.29) is 18.0 Å². The average Bonchev–Trinajstić information content (AvgIpc) is 2.40. The fourth-order valence-electron chi connectivity index (χ4n) is 3.27. The van der Waals surface area contributed by atoms with Crippen molar-refractivity contribution in [3.05, 3.63) is 0 Å². The Labute approximate surface area is 72.3 Å². The summed E-state index contributed by atoms with van der Waals surface area (Å²) in [7, 11) is 0. The highest BCUT2D eigenvalue weighted by Gasteiger charge is 2.46. The molecule has 3 fully saturated rings. The minimum Gasteiger partial charge on any atom is -0.462 e. The lowest BCUT2D eigenvalue weighted by atomic mass is 9.80. The highest BCUT2D eigenvalue weighted by atomic mass is 16.5. The van der Waals surface area contributed by atoms with Crippen LogP contribution in [0.25, 0.3) is 0 Å². The van der Waals surface area contributed by atoms with E-state index in [1.807, 2.05) is 0 Å². The van der Waals surface area contributed by atoms with Crippen molar-refractivity contribution in [3.8, 4) is 0 Å². The summed E-state index contributed by atoms with van der Waals surface area (Å²) in [4.78, 5) is 11.4. The number of carbonyl (C=O) groups is 1. The molecule has 3 aliphatic rings. The first-order valence-electron chi connectivity index (χ1n) is 5.03. The van der Waals surface area contributed by atoms with Gasteiger partial charge in [0.15, 0.2) is 0 Å². The minimum absolute atomic E-state index is 0.102. The van der Waals surface area contributed by atoms with Crippen LogP contribution in [0.2, 0.25) is 0 Å². The van der Waals surface area contributed by atoms with Crippen molar-refractivity contribution in [2.45, 2.75) is 38.2 Å². The van der Waals surface area contributed by atoms with Crippen LogP contribution in [-0.4, -0.2) is 12.1 Å². The van der Waals surface area contributed by atoms with Gasteiger partial charge in [-0.1, -0.05) is 0 Å². The SMILES string of the molecule is O=C1OC2CCC3CC1CC3C2. The number of ether oxygens (including phenoxy) is 1. The zero-order valence-corrected chi connectivity index (χ0v) is 7.16. The fraction of sp³-hybridized carbons (Fsp3) is 0.900. The Morgan fingerprint density at radius 3 is 2.83 bits per heavy atom. The summed E-state index contributed by atoms with van der Waals surface area (Å²) in [5.74, 6) is 2.05. The number of hydrogen-bond acceptors (Lipinski definition) is 2. The van der Waals surface area contributed by atoms with Crippen molar-refractivity contribution < 1.29 is 9.53 Å². The number of carbonyl (C=O) groups excluding carboxylic acids is 1. The van der Waals surface area contributed by atoms with Crippen LogP contribution >= 0.6 is 0 Å². The van der Waals surface area contributed by atoms with E-state index in [4.69, 9.17) is 4.74 Å². The maximum Gasteiger partial charge on any atom is 0.309 e. The Bertz CT molecular complexity index is 222. The summed E-state index contributed by atoms with van der Waals surface area (Å²) >= 11 is 0. The summed E-state index contributed by atoms with van der Waals surface area (Å²) < 4.78 is 5.39. The van der Waals surface area contributed by atoms with Gasteiger partial charge in [-0.2, -0.15) is 0 Å². The van der Waals surface area contributed by atoms with Crippen LogP contribution in [0.4, 0.5) is 0 Å². The Morgan fingerprint density at radius 2 is 1.92 bits per heavy atom. The lowest BCUT2D eigenvalue weighted by molar-refractivity contribution is -0.156. The van der Waals surface area contributed by atoms with Crippen molar-refractivity contribution in [1.29, 1.82) is 0 Å². The molecule has 3 rings (SSSR count). The first-order chi connectivity index (χ1) is 5.83. The zero-order valence-electron chi connectivity index (χ0n) is 7.16. The van der Waals surface area contributed by atoms with Crippen molar-refractivity contribution in [2.75, 3.05) is 0 Å². The molecular weight excluding hydrogens is 152 g/mol. The molecule has 2 heteroatoms. The van der Waals surface area contributed by atoms with Crippen molar-refractivity contribution in [2.24, 2.45) is 17.8 Å². The number of rotatable bonds is 0. The summed E-state index contributed by atoms with van der Waals surface area (Å²) in [6, 6.07) is 0. The topological polar surface area (TPSA) is 26.3 Å². The molecule has 3 bridgehead atoms. The quantitative estimate of drug-likeness (QED) is 0.512. The first-order valence-corrected chi connectivity index (χ1v) is 5.03. The van der Waals surface area contributed by atoms with E-state index in [0.29, 0.717) is 0 Å². The van der Waals surface area contributed by atoms with Crippen LogP contribution in [0.1, 0.15) is 32.1 Å². The maximum atomic E-state index is 11.4. The van der Waals surface area contributed by atoms with Gasteiger partial charge in [0, 0.05) is 0 Å². The summed E-state index contributed by atoms with van der Waals surface area (Å²) in [5, 5.41) is 0. The van der Waals surface area contributed by atoms with Crippen molar-refractivity contribution in [3.63, 3.8) is 0 Å². The van der Waals surface area contributed by atoms with Crippen LogP contribution in [0, 0.1) is 17.8 Å². The van der Waals surface area contributed by atoms with Crippen LogP contribution < -0.4 is 0 Å². The largest absolute Gasteiger partial charge is 0.462 e. The van der Waals surface area contributed by atoms with Gasteiger partial charge in [0.05, 0.1) is 5.92 Å². The molecule has 0 spiro atoms. The molecule has 66 valence electrons. The van der Waals surface area contributed by atoms with Gasteiger partial charge < -0.3 is 4.74 Å². The average molecular weight is 166 g/mol. The van der Waals surface area contributed by atoms with E-state index in [0.717, 1.165) is 37.5 Å². The third-order valence-electron chi connectivity index (χ3n) is 3.88. The molecule has 2 aliphatic carbocycles. The number of fused-ring (bicyclic) bond motifs is 2. The molecule has 1 heterocycles. The molecular formula is C10H14O2. The second-order valence-corrected chi connectivity index (χ2v) is 4.56. The molecule has 12 heavy (non-hydrogen) atoms. The third kappa shape index (κ3) is 0.838. The molecule has 0 amide bonds. The molecule has 0 aromatic rings. The summed E-state index contributed by atoms with van der Waals surface area (Å²) in [6.45, 7) is 0. The predicted molar refractivity (Wildman–Crippen MR) is 43.4 cm³/mol. The van der Waals surface area contributed by atoms with Gasteiger partial charge in [0.2, 0.25) is 0 Å². The molecule has 0 aromatic carbocycles. The van der Waals surface area contributed by atoms with Crippen LogP contribution in [0.15, 0.2) is 0 Å². The molecule has 4 unspecified atom stereocenters. The highest BCUT2D eigenvalue weighted by Crippen LogP contribution is 2.48. The van der Waals surface area contributed by atoms with Crippen molar-refractivity contribution >= 4 is 5.97 Å². The second-order valence-electron chi connectivity index (χ2n) is 4.56. The van der Waals surface area contributed by atoms with E-state index in [2.05, 4.69) is 0 Å². The molecule has 1 saturated heterocycles. The molecule has 2 nitrogen and oxygen atoms in total. The predicted octanol–water partition coefficient (Wildman–Crippen LogP) is 1.74. The molecule has 1 aliphatic heterocycles. The van der Waals surface area contributed by atoms with Gasteiger partial charge in [-0.25, -0.2) is 0 Å². The maximum absolute atomic E-state index is 11.4. The Kier molecular flexibility index (Phi) is 1.29. The van der Waals surface area contributed by atoms with E-state index in [1.165, 1.54) is 6.42 Å². The number of esters is 1. The molecule has 0 N–H and O–H groups in total. The smallest absolute Gasteiger partial charge is 0.309 e. The summed E-state index contributed by atoms with van der Waals surface area (Å²) in [6.07, 6.45) is 6.12. The molecule has 0 radical (unpaired) electrons. The van der Waals surface area contributed by atoms with Gasteiger partial charge in [0.25, 0.3) is 0 Å². The molecule has 4 atom stereocenters. The highest BCUT2D eigenvalue weighted by molar-refractivity contribution is 5.73. The van der Waals surface area contributed by atoms with E-state index in [1.54, 1.807) is 0 Å². The monoisotopic (exact) mass is 166 g/mol. The Hall–Kier alpha value is -0.530. The van der Waals surface area contributed by atoms with Crippen molar-refractivity contribution in [1.82, 2.24) is 0 Å². The molecule has 0 aromatic heterocycles. The lowest BCUT2D eigenvalue weighted by Crippen LogP contribution is -2.30. The lowest BCUT2D eigenvalue weighted by Gasteiger charge is -2.31. The normalized spacial score (nSPS) is 50.5. The third-order valence-corrected chi connectivity index (χ3v) is 3.88.